The average Bonchev–Trinajstić information content (AvgIpc) is 2.50. The summed E-state index contributed by atoms with van der Waals surface area (Å²) in [6.45, 7) is 1.82. The Morgan fingerprint density at radius 3 is 2.87 bits per heavy atom. The first-order valence-corrected chi connectivity index (χ1v) is 9.53. The van der Waals surface area contributed by atoms with Crippen molar-refractivity contribution in [2.24, 2.45) is 0 Å². The molecule has 1 aliphatic rings. The van der Waals surface area contributed by atoms with Crippen molar-refractivity contribution in [2.45, 2.75) is 31.4 Å². The second-order valence-corrected chi connectivity index (χ2v) is 7.85. The highest BCUT2D eigenvalue weighted by molar-refractivity contribution is 9.10. The lowest BCUT2D eigenvalue weighted by Gasteiger charge is -2.23. The summed E-state index contributed by atoms with van der Waals surface area (Å²) in [6.07, 6.45) is 3.13. The van der Waals surface area contributed by atoms with Crippen molar-refractivity contribution in [1.82, 2.24) is 0 Å². The first-order chi connectivity index (χ1) is 10.8. The van der Waals surface area contributed by atoms with E-state index < -0.39 is 27.1 Å². The fourth-order valence-corrected chi connectivity index (χ4v) is 4.35. The number of halogens is 2. The van der Waals surface area contributed by atoms with Gasteiger partial charge in [0.15, 0.2) is 0 Å². The van der Waals surface area contributed by atoms with Gasteiger partial charge in [0.25, 0.3) is 0 Å². The molecule has 1 atom stereocenters. The summed E-state index contributed by atoms with van der Waals surface area (Å²) in [7, 11) is -3.96. The van der Waals surface area contributed by atoms with Crippen molar-refractivity contribution in [2.75, 3.05) is 11.3 Å². The van der Waals surface area contributed by atoms with Gasteiger partial charge in [0, 0.05) is 4.47 Å². The van der Waals surface area contributed by atoms with E-state index in [4.69, 9.17) is 4.74 Å². The topological polar surface area (TPSA) is 72.5 Å². The van der Waals surface area contributed by atoms with Gasteiger partial charge >= 0.3 is 5.97 Å². The molecule has 0 aromatic heterocycles. The van der Waals surface area contributed by atoms with Crippen LogP contribution in [0, 0.1) is 5.82 Å². The second kappa shape index (κ2) is 7.44. The van der Waals surface area contributed by atoms with E-state index >= 15 is 0 Å². The molecule has 0 aliphatic heterocycles. The lowest BCUT2D eigenvalue weighted by atomic mass is 9.99. The molecule has 126 valence electrons. The van der Waals surface area contributed by atoms with Crippen molar-refractivity contribution in [3.05, 3.63) is 40.1 Å². The number of hydrogen-bond donors (Lipinski definition) is 1. The van der Waals surface area contributed by atoms with Crippen LogP contribution in [0.4, 0.5) is 10.1 Å². The average molecular weight is 406 g/mol. The maximum atomic E-state index is 13.9. The number of benzene rings is 1. The minimum atomic E-state index is -3.96. The zero-order chi connectivity index (χ0) is 17.0. The van der Waals surface area contributed by atoms with Gasteiger partial charge in [-0.25, -0.2) is 17.6 Å². The number of anilines is 1. The van der Waals surface area contributed by atoms with E-state index in [-0.39, 0.29) is 24.3 Å². The molecule has 2 rings (SSSR count). The molecule has 0 amide bonds. The number of sulfonamides is 1. The Morgan fingerprint density at radius 2 is 2.22 bits per heavy atom. The Labute approximate surface area is 143 Å². The van der Waals surface area contributed by atoms with Gasteiger partial charge in [0.2, 0.25) is 10.0 Å². The van der Waals surface area contributed by atoms with Gasteiger partial charge in [-0.1, -0.05) is 22.0 Å². The molecular formula is C15H17BrFNO4S. The van der Waals surface area contributed by atoms with Crippen LogP contribution >= 0.6 is 15.9 Å². The van der Waals surface area contributed by atoms with Crippen LogP contribution in [0.1, 0.15) is 26.2 Å². The van der Waals surface area contributed by atoms with Crippen LogP contribution in [-0.4, -0.2) is 26.2 Å². The normalized spacial score (nSPS) is 18.2. The summed E-state index contributed by atoms with van der Waals surface area (Å²) in [5.41, 5.74) is -0.0369. The highest BCUT2D eigenvalue weighted by atomic mass is 79.9. The fraction of sp³-hybridized carbons (Fsp3) is 0.400. The van der Waals surface area contributed by atoms with E-state index in [2.05, 4.69) is 20.7 Å². The molecule has 0 saturated carbocycles. The number of allylic oxidation sites excluding steroid dienone is 1. The van der Waals surface area contributed by atoms with Crippen LogP contribution in [0.5, 0.6) is 0 Å². The largest absolute Gasteiger partial charge is 0.463 e. The predicted octanol–water partition coefficient (Wildman–Crippen LogP) is 3.37. The highest BCUT2D eigenvalue weighted by Gasteiger charge is 2.35. The zero-order valence-electron chi connectivity index (χ0n) is 12.5. The number of carbonyl (C=O) groups excluding carboxylic acids is 1. The van der Waals surface area contributed by atoms with Gasteiger partial charge in [0.05, 0.1) is 17.9 Å². The van der Waals surface area contributed by atoms with E-state index in [9.17, 15) is 17.6 Å². The predicted molar refractivity (Wildman–Crippen MR) is 89.0 cm³/mol. The molecule has 1 aromatic carbocycles. The maximum Gasteiger partial charge on any atom is 0.335 e. The molecule has 1 aliphatic carbocycles. The first kappa shape index (κ1) is 17.9. The molecule has 1 unspecified atom stereocenters. The molecule has 0 bridgehead atoms. The Morgan fingerprint density at radius 1 is 1.48 bits per heavy atom. The van der Waals surface area contributed by atoms with Crippen LogP contribution in [0.15, 0.2) is 34.3 Å². The van der Waals surface area contributed by atoms with Gasteiger partial charge in [-0.15, -0.1) is 0 Å². The second-order valence-electron chi connectivity index (χ2n) is 5.07. The van der Waals surface area contributed by atoms with Gasteiger partial charge in [0.1, 0.15) is 11.1 Å². The molecule has 1 aromatic rings. The first-order valence-electron chi connectivity index (χ1n) is 7.19. The molecule has 23 heavy (non-hydrogen) atoms. The molecule has 0 heterocycles. The number of esters is 1. The molecule has 0 saturated heterocycles. The highest BCUT2D eigenvalue weighted by Crippen LogP contribution is 2.28. The van der Waals surface area contributed by atoms with Gasteiger partial charge in [-0.3, -0.25) is 4.72 Å². The third-order valence-corrected chi connectivity index (χ3v) is 5.69. The molecule has 0 fully saturated rings. The van der Waals surface area contributed by atoms with E-state index in [0.29, 0.717) is 17.3 Å². The van der Waals surface area contributed by atoms with Crippen LogP contribution in [-0.2, 0) is 19.6 Å². The van der Waals surface area contributed by atoms with Crippen molar-refractivity contribution >= 4 is 37.6 Å². The number of ether oxygens (including phenoxy) is 1. The SMILES string of the molecule is CCOC(=O)C1=CCCCC1S(=O)(=O)Nc1ccc(Br)cc1F. The summed E-state index contributed by atoms with van der Waals surface area (Å²) < 4.78 is 46.7. The van der Waals surface area contributed by atoms with Gasteiger partial charge < -0.3 is 4.74 Å². The van der Waals surface area contributed by atoms with Crippen molar-refractivity contribution < 1.29 is 22.3 Å². The number of hydrogen-bond acceptors (Lipinski definition) is 4. The molecule has 0 spiro atoms. The summed E-state index contributed by atoms with van der Waals surface area (Å²) in [6, 6.07) is 4.03. The smallest absolute Gasteiger partial charge is 0.335 e. The minimum Gasteiger partial charge on any atom is -0.463 e. The minimum absolute atomic E-state index is 0.114. The molecule has 5 nitrogen and oxygen atoms in total. The summed E-state index contributed by atoms with van der Waals surface area (Å²) in [4.78, 5) is 12.0. The molecule has 0 radical (unpaired) electrons. The number of carbonyl (C=O) groups is 1. The van der Waals surface area contributed by atoms with E-state index in [0.717, 1.165) is 0 Å². The Balaban J connectivity index is 2.28. The van der Waals surface area contributed by atoms with Gasteiger partial charge in [-0.2, -0.15) is 0 Å². The Bertz CT molecular complexity index is 733. The van der Waals surface area contributed by atoms with Crippen molar-refractivity contribution in [3.63, 3.8) is 0 Å². The third kappa shape index (κ3) is 4.32. The van der Waals surface area contributed by atoms with Crippen LogP contribution < -0.4 is 4.72 Å². The van der Waals surface area contributed by atoms with Crippen molar-refractivity contribution in [1.29, 1.82) is 0 Å². The quantitative estimate of drug-likeness (QED) is 0.762. The van der Waals surface area contributed by atoms with E-state index in [1.165, 1.54) is 18.2 Å². The Hall–Kier alpha value is -1.41. The number of rotatable bonds is 5. The standard InChI is InChI=1S/C15H17BrFNO4S/c1-2-22-15(19)11-5-3-4-6-14(11)23(20,21)18-13-8-7-10(16)9-12(13)17/h5,7-9,14,18H,2-4,6H2,1H3. The third-order valence-electron chi connectivity index (χ3n) is 3.45. The molecule has 1 N–H and O–H groups in total. The Kier molecular flexibility index (Phi) is 5.80. The summed E-state index contributed by atoms with van der Waals surface area (Å²) >= 11 is 3.11. The maximum absolute atomic E-state index is 13.9. The monoisotopic (exact) mass is 405 g/mol. The van der Waals surface area contributed by atoms with E-state index in [1.807, 2.05) is 0 Å². The lowest BCUT2D eigenvalue weighted by Crippen LogP contribution is -2.34. The van der Waals surface area contributed by atoms with Crippen molar-refractivity contribution in [3.8, 4) is 0 Å². The number of nitrogens with one attached hydrogen (secondary N) is 1. The van der Waals surface area contributed by atoms with Gasteiger partial charge in [-0.05, 0) is 44.4 Å². The summed E-state index contributed by atoms with van der Waals surface area (Å²) in [5.74, 6) is -1.33. The molecule has 8 heteroatoms. The fourth-order valence-electron chi connectivity index (χ4n) is 2.40. The zero-order valence-corrected chi connectivity index (χ0v) is 14.9. The van der Waals surface area contributed by atoms with E-state index in [1.54, 1.807) is 13.0 Å². The summed E-state index contributed by atoms with van der Waals surface area (Å²) in [5, 5.41) is -1.04. The lowest BCUT2D eigenvalue weighted by molar-refractivity contribution is -0.138. The molecular weight excluding hydrogens is 389 g/mol. The van der Waals surface area contributed by atoms with Crippen LogP contribution in [0.2, 0.25) is 0 Å². The van der Waals surface area contributed by atoms with Crippen LogP contribution in [0.3, 0.4) is 0 Å². The van der Waals surface area contributed by atoms with Crippen LogP contribution in [0.25, 0.3) is 0 Å².